The standard InChI is InChI=1S/C27H31N5O4S/c1-16-8-12-19(13-9-16)32(27(35)24-21(28)22(25(29)33)31-37-24)23(17-10-14-20(36-2)15-11-17)26(34)30-18-6-4-3-5-7-18/h8-15,18,23H,3-7,28H2,1-2H3,(H2,29,33)(H,30,34)/t23-/m0/s1. The Labute approximate surface area is 220 Å². The van der Waals surface area contributed by atoms with Crippen LogP contribution in [0, 0.1) is 6.92 Å². The fourth-order valence-electron chi connectivity index (χ4n) is 4.56. The predicted octanol–water partition coefficient (Wildman–Crippen LogP) is 3.98. The molecule has 0 unspecified atom stereocenters. The SMILES string of the molecule is COc1ccc([C@@H](C(=O)NC2CCCCC2)N(C(=O)c2snc(C(N)=O)c2N)c2ccc(C)cc2)cc1. The average molecular weight is 522 g/mol. The van der Waals surface area contributed by atoms with Crippen LogP contribution in [0.2, 0.25) is 0 Å². The molecule has 194 valence electrons. The van der Waals surface area contributed by atoms with Gasteiger partial charge in [0.1, 0.15) is 16.7 Å². The Hall–Kier alpha value is -3.92. The molecule has 1 aliphatic carbocycles. The number of aromatic nitrogens is 1. The summed E-state index contributed by atoms with van der Waals surface area (Å²) in [5.74, 6) is -1.05. The van der Waals surface area contributed by atoms with E-state index in [9.17, 15) is 14.4 Å². The molecule has 0 bridgehead atoms. The molecule has 4 rings (SSSR count). The topological polar surface area (TPSA) is 141 Å². The molecule has 1 heterocycles. The van der Waals surface area contributed by atoms with E-state index < -0.39 is 17.9 Å². The summed E-state index contributed by atoms with van der Waals surface area (Å²) in [6.45, 7) is 1.94. The van der Waals surface area contributed by atoms with Crippen LogP contribution in [0.1, 0.15) is 69.4 Å². The monoisotopic (exact) mass is 521 g/mol. The summed E-state index contributed by atoms with van der Waals surface area (Å²) in [5, 5.41) is 3.17. The lowest BCUT2D eigenvalue weighted by Gasteiger charge is -2.33. The number of primary amides is 1. The number of nitrogen functional groups attached to an aromatic ring is 1. The van der Waals surface area contributed by atoms with Gasteiger partial charge in [0.25, 0.3) is 11.8 Å². The summed E-state index contributed by atoms with van der Waals surface area (Å²) < 4.78 is 9.30. The fraction of sp³-hybridized carbons (Fsp3) is 0.333. The van der Waals surface area contributed by atoms with Gasteiger partial charge in [-0.15, -0.1) is 0 Å². The predicted molar refractivity (Wildman–Crippen MR) is 144 cm³/mol. The van der Waals surface area contributed by atoms with Crippen LogP contribution in [0.25, 0.3) is 0 Å². The highest BCUT2D eigenvalue weighted by atomic mass is 32.1. The van der Waals surface area contributed by atoms with Crippen LogP contribution in [0.15, 0.2) is 48.5 Å². The van der Waals surface area contributed by atoms with Crippen molar-refractivity contribution in [3.8, 4) is 5.75 Å². The number of rotatable bonds is 8. The molecule has 0 radical (unpaired) electrons. The Balaban J connectivity index is 1.83. The maximum Gasteiger partial charge on any atom is 0.273 e. The highest BCUT2D eigenvalue weighted by Gasteiger charge is 2.37. The van der Waals surface area contributed by atoms with Crippen molar-refractivity contribution < 1.29 is 19.1 Å². The number of methoxy groups -OCH3 is 1. The molecule has 0 saturated heterocycles. The number of amides is 3. The summed E-state index contributed by atoms with van der Waals surface area (Å²) >= 11 is 0.786. The van der Waals surface area contributed by atoms with Crippen LogP contribution in [-0.4, -0.2) is 35.2 Å². The van der Waals surface area contributed by atoms with Gasteiger partial charge in [0, 0.05) is 11.7 Å². The maximum absolute atomic E-state index is 14.1. The minimum absolute atomic E-state index is 0.0342. The molecule has 0 spiro atoms. The van der Waals surface area contributed by atoms with E-state index in [1.165, 1.54) is 4.90 Å². The normalized spacial score (nSPS) is 14.5. The summed E-state index contributed by atoms with van der Waals surface area (Å²) in [5.41, 5.74) is 13.4. The first-order chi connectivity index (χ1) is 17.8. The van der Waals surface area contributed by atoms with E-state index >= 15 is 0 Å². The van der Waals surface area contributed by atoms with E-state index in [1.807, 2.05) is 19.1 Å². The van der Waals surface area contributed by atoms with Crippen LogP contribution in [0.5, 0.6) is 5.75 Å². The summed E-state index contributed by atoms with van der Waals surface area (Å²) in [4.78, 5) is 41.2. The second-order valence-corrected chi connectivity index (χ2v) is 9.94. The Kier molecular flexibility index (Phi) is 8.08. The van der Waals surface area contributed by atoms with Gasteiger partial charge >= 0.3 is 0 Å². The zero-order valence-corrected chi connectivity index (χ0v) is 21.7. The van der Waals surface area contributed by atoms with Crippen molar-refractivity contribution in [2.75, 3.05) is 17.7 Å². The quantitative estimate of drug-likeness (QED) is 0.410. The van der Waals surface area contributed by atoms with Crippen LogP contribution < -0.4 is 26.4 Å². The van der Waals surface area contributed by atoms with E-state index in [4.69, 9.17) is 16.2 Å². The third-order valence-corrected chi connectivity index (χ3v) is 7.43. The smallest absolute Gasteiger partial charge is 0.273 e. The second kappa shape index (κ2) is 11.4. The Morgan fingerprint density at radius 1 is 1.05 bits per heavy atom. The van der Waals surface area contributed by atoms with Crippen molar-refractivity contribution in [3.05, 3.63) is 70.2 Å². The van der Waals surface area contributed by atoms with Crippen LogP contribution in [0.3, 0.4) is 0 Å². The lowest BCUT2D eigenvalue weighted by Crippen LogP contribution is -2.47. The molecule has 5 N–H and O–H groups in total. The Bertz CT molecular complexity index is 1270. The maximum atomic E-state index is 14.1. The molecule has 1 aliphatic rings. The van der Waals surface area contributed by atoms with Gasteiger partial charge in [-0.05, 0) is 61.1 Å². The largest absolute Gasteiger partial charge is 0.497 e. The van der Waals surface area contributed by atoms with E-state index in [0.717, 1.165) is 49.2 Å². The highest BCUT2D eigenvalue weighted by molar-refractivity contribution is 7.09. The third-order valence-electron chi connectivity index (χ3n) is 6.58. The molecule has 9 nitrogen and oxygen atoms in total. The molecule has 1 fully saturated rings. The zero-order valence-electron chi connectivity index (χ0n) is 20.9. The minimum atomic E-state index is -1.01. The molecule has 1 atom stereocenters. The molecular formula is C27H31N5O4S. The molecule has 3 amide bonds. The third kappa shape index (κ3) is 5.75. The number of nitrogens with zero attached hydrogens (tertiary/aromatic N) is 2. The zero-order chi connectivity index (χ0) is 26.5. The Morgan fingerprint density at radius 3 is 2.27 bits per heavy atom. The lowest BCUT2D eigenvalue weighted by molar-refractivity contribution is -0.123. The van der Waals surface area contributed by atoms with Gasteiger partial charge in [0.05, 0.1) is 12.8 Å². The van der Waals surface area contributed by atoms with Crippen molar-refractivity contribution in [1.29, 1.82) is 0 Å². The number of hydrogen-bond acceptors (Lipinski definition) is 7. The average Bonchev–Trinajstić information content (AvgIpc) is 3.29. The molecule has 1 saturated carbocycles. The van der Waals surface area contributed by atoms with E-state index in [2.05, 4.69) is 9.69 Å². The summed E-state index contributed by atoms with van der Waals surface area (Å²) in [6, 6.07) is 13.4. The molecule has 0 aliphatic heterocycles. The molecule has 3 aromatic rings. The number of carbonyl (C=O) groups excluding carboxylic acids is 3. The van der Waals surface area contributed by atoms with Crippen molar-refractivity contribution in [1.82, 2.24) is 9.69 Å². The van der Waals surface area contributed by atoms with Gasteiger partial charge in [-0.3, -0.25) is 19.3 Å². The number of hydrogen-bond donors (Lipinski definition) is 3. The van der Waals surface area contributed by atoms with E-state index in [1.54, 1.807) is 43.5 Å². The van der Waals surface area contributed by atoms with Gasteiger partial charge in [0.2, 0.25) is 5.91 Å². The van der Waals surface area contributed by atoms with E-state index in [-0.39, 0.29) is 28.2 Å². The van der Waals surface area contributed by atoms with Gasteiger partial charge < -0.3 is 21.5 Å². The van der Waals surface area contributed by atoms with Crippen molar-refractivity contribution in [3.63, 3.8) is 0 Å². The van der Waals surface area contributed by atoms with E-state index in [0.29, 0.717) is 17.0 Å². The molecular weight excluding hydrogens is 490 g/mol. The number of ether oxygens (including phenoxy) is 1. The van der Waals surface area contributed by atoms with Crippen LogP contribution in [-0.2, 0) is 4.79 Å². The van der Waals surface area contributed by atoms with Crippen LogP contribution in [0.4, 0.5) is 11.4 Å². The second-order valence-electron chi connectivity index (χ2n) is 9.17. The molecule has 37 heavy (non-hydrogen) atoms. The van der Waals surface area contributed by atoms with Crippen molar-refractivity contribution in [2.45, 2.75) is 51.1 Å². The van der Waals surface area contributed by atoms with Gasteiger partial charge in [-0.2, -0.15) is 4.37 Å². The number of benzene rings is 2. The van der Waals surface area contributed by atoms with Gasteiger partial charge in [-0.25, -0.2) is 0 Å². The first kappa shape index (κ1) is 26.2. The van der Waals surface area contributed by atoms with Gasteiger partial charge in [-0.1, -0.05) is 49.1 Å². The Morgan fingerprint density at radius 2 is 1.70 bits per heavy atom. The molecule has 1 aromatic heterocycles. The number of nitrogens with one attached hydrogen (secondary N) is 1. The fourth-order valence-corrected chi connectivity index (χ4v) is 5.30. The van der Waals surface area contributed by atoms with Crippen LogP contribution >= 0.6 is 11.5 Å². The molecule has 2 aromatic carbocycles. The minimum Gasteiger partial charge on any atom is -0.497 e. The first-order valence-corrected chi connectivity index (χ1v) is 13.0. The van der Waals surface area contributed by atoms with Gasteiger partial charge in [0.15, 0.2) is 5.69 Å². The number of aryl methyl sites for hydroxylation is 1. The highest BCUT2D eigenvalue weighted by Crippen LogP contribution is 2.34. The lowest BCUT2D eigenvalue weighted by atomic mass is 9.94. The summed E-state index contributed by atoms with van der Waals surface area (Å²) in [6.07, 6.45) is 5.03. The number of carbonyl (C=O) groups is 3. The number of nitrogens with two attached hydrogens (primary N) is 2. The molecule has 10 heteroatoms. The van der Waals surface area contributed by atoms with Crippen molar-refractivity contribution >= 4 is 40.6 Å². The number of anilines is 2. The first-order valence-electron chi connectivity index (χ1n) is 12.2. The van der Waals surface area contributed by atoms with Crippen molar-refractivity contribution in [2.24, 2.45) is 5.73 Å². The summed E-state index contributed by atoms with van der Waals surface area (Å²) in [7, 11) is 1.56.